The van der Waals surface area contributed by atoms with Crippen molar-refractivity contribution in [2.45, 2.75) is 33.1 Å². The number of nitrogen functional groups attached to an aromatic ring is 1. The molecule has 0 aliphatic rings. The molecule has 0 bridgehead atoms. The molecule has 0 aromatic carbocycles. The van der Waals surface area contributed by atoms with Gasteiger partial charge in [0.25, 0.3) is 0 Å². The highest BCUT2D eigenvalue weighted by atomic mass is 16.5. The van der Waals surface area contributed by atoms with Gasteiger partial charge in [-0.1, -0.05) is 20.8 Å². The van der Waals surface area contributed by atoms with Crippen molar-refractivity contribution in [2.75, 3.05) is 12.8 Å². The lowest BCUT2D eigenvalue weighted by atomic mass is 9.95. The summed E-state index contributed by atoms with van der Waals surface area (Å²) in [7, 11) is 1.58. The molecule has 0 saturated heterocycles. The van der Waals surface area contributed by atoms with Crippen LogP contribution in [0.2, 0.25) is 0 Å². The molecule has 1 aromatic rings. The van der Waals surface area contributed by atoms with E-state index in [1.807, 2.05) is 27.7 Å². The SMILES string of the molecule is COc1nc(C(C)(C)C)nc(N)c1C. The maximum atomic E-state index is 5.76. The Balaban J connectivity index is 3.30. The Kier molecular flexibility index (Phi) is 2.64. The number of anilines is 1. The average Bonchev–Trinajstić information content (AvgIpc) is 2.07. The predicted molar refractivity (Wildman–Crippen MR) is 56.4 cm³/mol. The topological polar surface area (TPSA) is 61.0 Å². The Bertz CT molecular complexity index is 342. The smallest absolute Gasteiger partial charge is 0.221 e. The van der Waals surface area contributed by atoms with E-state index < -0.39 is 0 Å². The van der Waals surface area contributed by atoms with Gasteiger partial charge in [0, 0.05) is 5.41 Å². The van der Waals surface area contributed by atoms with Crippen LogP contribution in [0, 0.1) is 6.92 Å². The number of ether oxygens (including phenoxy) is 1. The fourth-order valence-corrected chi connectivity index (χ4v) is 1.05. The molecule has 0 fully saturated rings. The summed E-state index contributed by atoms with van der Waals surface area (Å²) in [6.45, 7) is 7.96. The van der Waals surface area contributed by atoms with Crippen LogP contribution >= 0.6 is 0 Å². The minimum Gasteiger partial charge on any atom is -0.481 e. The molecule has 0 aliphatic heterocycles. The van der Waals surface area contributed by atoms with Crippen molar-refractivity contribution >= 4 is 5.82 Å². The molecular weight excluding hydrogens is 178 g/mol. The highest BCUT2D eigenvalue weighted by Crippen LogP contribution is 2.25. The summed E-state index contributed by atoms with van der Waals surface area (Å²) in [4.78, 5) is 8.55. The Morgan fingerprint density at radius 2 is 1.79 bits per heavy atom. The van der Waals surface area contributed by atoms with Gasteiger partial charge >= 0.3 is 0 Å². The van der Waals surface area contributed by atoms with Gasteiger partial charge in [0.15, 0.2) is 0 Å². The number of rotatable bonds is 1. The second-order valence-electron chi connectivity index (χ2n) is 4.32. The van der Waals surface area contributed by atoms with Crippen LogP contribution < -0.4 is 10.5 Å². The van der Waals surface area contributed by atoms with Crippen molar-refractivity contribution in [3.05, 3.63) is 11.4 Å². The largest absolute Gasteiger partial charge is 0.481 e. The molecule has 0 spiro atoms. The van der Waals surface area contributed by atoms with Crippen molar-refractivity contribution < 1.29 is 4.74 Å². The first kappa shape index (κ1) is 10.8. The van der Waals surface area contributed by atoms with Gasteiger partial charge in [-0.15, -0.1) is 0 Å². The van der Waals surface area contributed by atoms with Crippen LogP contribution in [-0.4, -0.2) is 17.1 Å². The molecule has 2 N–H and O–H groups in total. The van der Waals surface area contributed by atoms with Crippen molar-refractivity contribution in [1.82, 2.24) is 9.97 Å². The van der Waals surface area contributed by atoms with Gasteiger partial charge in [0.1, 0.15) is 11.6 Å². The Hall–Kier alpha value is -1.32. The minimum atomic E-state index is -0.116. The van der Waals surface area contributed by atoms with Gasteiger partial charge in [-0.2, -0.15) is 4.98 Å². The van der Waals surface area contributed by atoms with E-state index in [1.54, 1.807) is 7.11 Å². The van der Waals surface area contributed by atoms with Crippen LogP contribution in [0.3, 0.4) is 0 Å². The lowest BCUT2D eigenvalue weighted by molar-refractivity contribution is 0.386. The third-order valence-corrected chi connectivity index (χ3v) is 2.00. The fourth-order valence-electron chi connectivity index (χ4n) is 1.05. The normalized spacial score (nSPS) is 11.5. The zero-order valence-corrected chi connectivity index (χ0v) is 9.38. The number of nitrogens with zero attached hydrogens (tertiary/aromatic N) is 2. The third kappa shape index (κ3) is 1.95. The quantitative estimate of drug-likeness (QED) is 0.740. The molecule has 78 valence electrons. The summed E-state index contributed by atoms with van der Waals surface area (Å²) >= 11 is 0. The summed E-state index contributed by atoms with van der Waals surface area (Å²) in [5, 5.41) is 0. The summed E-state index contributed by atoms with van der Waals surface area (Å²) in [6.07, 6.45) is 0. The number of nitrogens with two attached hydrogens (primary N) is 1. The number of hydrogen-bond donors (Lipinski definition) is 1. The first-order valence-corrected chi connectivity index (χ1v) is 4.55. The van der Waals surface area contributed by atoms with Crippen LogP contribution in [-0.2, 0) is 5.41 Å². The highest BCUT2D eigenvalue weighted by molar-refractivity contribution is 5.44. The van der Waals surface area contributed by atoms with E-state index in [-0.39, 0.29) is 5.41 Å². The Morgan fingerprint density at radius 1 is 1.21 bits per heavy atom. The monoisotopic (exact) mass is 195 g/mol. The van der Waals surface area contributed by atoms with E-state index in [0.29, 0.717) is 17.5 Å². The molecular formula is C10H17N3O. The number of hydrogen-bond acceptors (Lipinski definition) is 4. The fraction of sp³-hybridized carbons (Fsp3) is 0.600. The molecule has 0 saturated carbocycles. The van der Waals surface area contributed by atoms with Gasteiger partial charge in [0.2, 0.25) is 5.88 Å². The molecule has 0 unspecified atom stereocenters. The van der Waals surface area contributed by atoms with Crippen molar-refractivity contribution in [1.29, 1.82) is 0 Å². The summed E-state index contributed by atoms with van der Waals surface area (Å²) < 4.78 is 5.13. The van der Waals surface area contributed by atoms with Crippen LogP contribution in [0.1, 0.15) is 32.2 Å². The van der Waals surface area contributed by atoms with E-state index in [9.17, 15) is 0 Å². The molecule has 14 heavy (non-hydrogen) atoms. The second kappa shape index (κ2) is 3.44. The van der Waals surface area contributed by atoms with Gasteiger partial charge in [-0.05, 0) is 6.92 Å². The molecule has 1 aromatic heterocycles. The zero-order valence-electron chi connectivity index (χ0n) is 9.38. The maximum Gasteiger partial charge on any atom is 0.221 e. The molecule has 1 rings (SSSR count). The van der Waals surface area contributed by atoms with E-state index in [0.717, 1.165) is 5.56 Å². The second-order valence-corrected chi connectivity index (χ2v) is 4.32. The Labute approximate surface area is 84.5 Å². The van der Waals surface area contributed by atoms with E-state index in [1.165, 1.54) is 0 Å². The first-order chi connectivity index (χ1) is 6.36. The lowest BCUT2D eigenvalue weighted by Crippen LogP contribution is -2.18. The lowest BCUT2D eigenvalue weighted by Gasteiger charge is -2.18. The van der Waals surface area contributed by atoms with Gasteiger partial charge in [-0.25, -0.2) is 4.98 Å². The molecule has 0 amide bonds. The number of aromatic nitrogens is 2. The molecule has 0 atom stereocenters. The zero-order chi connectivity index (χ0) is 10.9. The molecule has 0 aliphatic carbocycles. The molecule has 0 radical (unpaired) electrons. The van der Waals surface area contributed by atoms with Gasteiger partial charge in [0.05, 0.1) is 12.7 Å². The third-order valence-electron chi connectivity index (χ3n) is 2.00. The van der Waals surface area contributed by atoms with Crippen LogP contribution in [0.5, 0.6) is 5.88 Å². The summed E-state index contributed by atoms with van der Waals surface area (Å²) in [6, 6.07) is 0. The Morgan fingerprint density at radius 3 is 2.21 bits per heavy atom. The molecule has 4 nitrogen and oxygen atoms in total. The highest BCUT2D eigenvalue weighted by Gasteiger charge is 2.20. The van der Waals surface area contributed by atoms with Crippen LogP contribution in [0.15, 0.2) is 0 Å². The van der Waals surface area contributed by atoms with Crippen molar-refractivity contribution in [3.63, 3.8) is 0 Å². The average molecular weight is 195 g/mol. The van der Waals surface area contributed by atoms with E-state index >= 15 is 0 Å². The van der Waals surface area contributed by atoms with Crippen LogP contribution in [0.25, 0.3) is 0 Å². The van der Waals surface area contributed by atoms with Crippen molar-refractivity contribution in [2.24, 2.45) is 0 Å². The molecule has 1 heterocycles. The maximum absolute atomic E-state index is 5.76. The van der Waals surface area contributed by atoms with Crippen molar-refractivity contribution in [3.8, 4) is 5.88 Å². The first-order valence-electron chi connectivity index (χ1n) is 4.55. The summed E-state index contributed by atoms with van der Waals surface area (Å²) in [5.74, 6) is 1.75. The van der Waals surface area contributed by atoms with Crippen LogP contribution in [0.4, 0.5) is 5.82 Å². The summed E-state index contributed by atoms with van der Waals surface area (Å²) in [5.41, 5.74) is 6.44. The predicted octanol–water partition coefficient (Wildman–Crippen LogP) is 1.67. The van der Waals surface area contributed by atoms with Gasteiger partial charge < -0.3 is 10.5 Å². The van der Waals surface area contributed by atoms with Gasteiger partial charge in [-0.3, -0.25) is 0 Å². The molecule has 4 heteroatoms. The standard InChI is InChI=1S/C10H17N3O/c1-6-7(11)12-9(10(2,3)4)13-8(6)14-5/h1-5H3,(H2,11,12,13). The van der Waals surface area contributed by atoms with E-state index in [4.69, 9.17) is 10.5 Å². The minimum absolute atomic E-state index is 0.116. The van der Waals surface area contributed by atoms with E-state index in [2.05, 4.69) is 9.97 Å². The number of methoxy groups -OCH3 is 1.